The standard InChI is InChI=1S/C14H22N2O3S/c1-4-20(18,19)10-9-16-13(17)14(2,3)11-5-7-12(15)8-6-11/h5-8H,4,9-10,15H2,1-3H3,(H,16,17). The van der Waals surface area contributed by atoms with E-state index in [4.69, 9.17) is 5.73 Å². The molecule has 0 saturated heterocycles. The third-order valence-electron chi connectivity index (χ3n) is 3.34. The van der Waals surface area contributed by atoms with Crippen LogP contribution < -0.4 is 11.1 Å². The first-order valence-corrected chi connectivity index (χ1v) is 8.36. The van der Waals surface area contributed by atoms with Crippen molar-refractivity contribution in [2.45, 2.75) is 26.2 Å². The van der Waals surface area contributed by atoms with Gasteiger partial charge in [0.05, 0.1) is 11.2 Å². The van der Waals surface area contributed by atoms with E-state index < -0.39 is 15.3 Å². The van der Waals surface area contributed by atoms with Crippen LogP contribution in [-0.2, 0) is 20.0 Å². The van der Waals surface area contributed by atoms with Crippen LogP contribution in [0.4, 0.5) is 5.69 Å². The van der Waals surface area contributed by atoms with Gasteiger partial charge in [0.15, 0.2) is 9.84 Å². The molecule has 0 radical (unpaired) electrons. The lowest BCUT2D eigenvalue weighted by Gasteiger charge is -2.24. The summed E-state index contributed by atoms with van der Waals surface area (Å²) in [6, 6.07) is 7.09. The predicted octanol–water partition coefficient (Wildman–Crippen LogP) is 1.10. The molecule has 5 nitrogen and oxygen atoms in total. The molecule has 1 amide bonds. The molecule has 0 heterocycles. The van der Waals surface area contributed by atoms with E-state index in [1.807, 2.05) is 0 Å². The molecule has 0 atom stereocenters. The van der Waals surface area contributed by atoms with E-state index in [1.54, 1.807) is 45.0 Å². The molecular weight excluding hydrogens is 276 g/mol. The third-order valence-corrected chi connectivity index (χ3v) is 5.04. The average Bonchev–Trinajstić information content (AvgIpc) is 2.39. The Hall–Kier alpha value is -1.56. The lowest BCUT2D eigenvalue weighted by Crippen LogP contribution is -2.42. The van der Waals surface area contributed by atoms with Gasteiger partial charge in [-0.1, -0.05) is 19.1 Å². The van der Waals surface area contributed by atoms with Crippen molar-refractivity contribution in [3.63, 3.8) is 0 Å². The predicted molar refractivity (Wildman–Crippen MR) is 81.2 cm³/mol. The molecule has 0 aromatic heterocycles. The Kier molecular flexibility index (Phi) is 5.16. The summed E-state index contributed by atoms with van der Waals surface area (Å²) in [4.78, 5) is 12.2. The van der Waals surface area contributed by atoms with Gasteiger partial charge in [-0.15, -0.1) is 0 Å². The minimum absolute atomic E-state index is 0.0347. The molecule has 0 bridgehead atoms. The normalized spacial score (nSPS) is 12.2. The summed E-state index contributed by atoms with van der Waals surface area (Å²) in [7, 11) is -3.06. The largest absolute Gasteiger partial charge is 0.399 e. The maximum absolute atomic E-state index is 12.2. The van der Waals surface area contributed by atoms with Crippen LogP contribution in [0.3, 0.4) is 0 Å². The molecular formula is C14H22N2O3S. The Balaban J connectivity index is 2.68. The summed E-state index contributed by atoms with van der Waals surface area (Å²) in [5.41, 5.74) is 6.36. The molecule has 1 aromatic carbocycles. The molecule has 0 spiro atoms. The molecule has 0 unspecified atom stereocenters. The van der Waals surface area contributed by atoms with Gasteiger partial charge in [0.25, 0.3) is 0 Å². The number of sulfone groups is 1. The summed E-state index contributed by atoms with van der Waals surface area (Å²) in [6.45, 7) is 5.31. The lowest BCUT2D eigenvalue weighted by molar-refractivity contribution is -0.125. The average molecular weight is 298 g/mol. The van der Waals surface area contributed by atoms with Gasteiger partial charge in [0.1, 0.15) is 0 Å². The first-order chi connectivity index (χ1) is 9.19. The van der Waals surface area contributed by atoms with Crippen molar-refractivity contribution < 1.29 is 13.2 Å². The van der Waals surface area contributed by atoms with E-state index in [-0.39, 0.29) is 24.0 Å². The van der Waals surface area contributed by atoms with Crippen molar-refractivity contribution in [2.75, 3.05) is 23.8 Å². The summed E-state index contributed by atoms with van der Waals surface area (Å²) in [5, 5.41) is 2.68. The SMILES string of the molecule is CCS(=O)(=O)CCNC(=O)C(C)(C)c1ccc(N)cc1. The molecule has 0 aliphatic carbocycles. The third kappa shape index (κ3) is 4.23. The number of nitrogen functional groups attached to an aromatic ring is 1. The van der Waals surface area contributed by atoms with E-state index >= 15 is 0 Å². The van der Waals surface area contributed by atoms with E-state index in [9.17, 15) is 13.2 Å². The second-order valence-corrected chi connectivity index (χ2v) is 7.71. The highest BCUT2D eigenvalue weighted by molar-refractivity contribution is 7.91. The van der Waals surface area contributed by atoms with Crippen molar-refractivity contribution in [1.29, 1.82) is 0 Å². The number of anilines is 1. The number of nitrogens with one attached hydrogen (secondary N) is 1. The first kappa shape index (κ1) is 16.5. The minimum Gasteiger partial charge on any atom is -0.399 e. The quantitative estimate of drug-likeness (QED) is 0.770. The second-order valence-electron chi connectivity index (χ2n) is 5.24. The molecule has 112 valence electrons. The van der Waals surface area contributed by atoms with Crippen molar-refractivity contribution in [2.24, 2.45) is 0 Å². The number of carbonyl (C=O) groups excluding carboxylic acids is 1. The Labute approximate surface area is 120 Å². The molecule has 0 aliphatic heterocycles. The summed E-state index contributed by atoms with van der Waals surface area (Å²) in [5.74, 6) is -0.148. The molecule has 20 heavy (non-hydrogen) atoms. The Morgan fingerprint density at radius 2 is 1.80 bits per heavy atom. The monoisotopic (exact) mass is 298 g/mol. The van der Waals surface area contributed by atoms with Crippen LogP contribution in [0.1, 0.15) is 26.3 Å². The molecule has 1 rings (SSSR count). The Morgan fingerprint density at radius 1 is 1.25 bits per heavy atom. The van der Waals surface area contributed by atoms with Crippen molar-refractivity contribution in [3.8, 4) is 0 Å². The minimum atomic E-state index is -3.06. The fourth-order valence-corrected chi connectivity index (χ4v) is 2.42. The Bertz CT molecular complexity index is 563. The van der Waals surface area contributed by atoms with Gasteiger partial charge in [-0.2, -0.15) is 0 Å². The lowest BCUT2D eigenvalue weighted by atomic mass is 9.83. The van der Waals surface area contributed by atoms with Gasteiger partial charge in [-0.3, -0.25) is 4.79 Å². The van der Waals surface area contributed by atoms with E-state index in [0.29, 0.717) is 5.69 Å². The van der Waals surface area contributed by atoms with Crippen LogP contribution in [-0.4, -0.2) is 32.4 Å². The zero-order valence-electron chi connectivity index (χ0n) is 12.1. The van der Waals surface area contributed by atoms with Gasteiger partial charge in [-0.25, -0.2) is 8.42 Å². The molecule has 0 fully saturated rings. The van der Waals surface area contributed by atoms with Gasteiger partial charge in [0.2, 0.25) is 5.91 Å². The summed E-state index contributed by atoms with van der Waals surface area (Å²) >= 11 is 0. The van der Waals surface area contributed by atoms with Crippen LogP contribution in [0.2, 0.25) is 0 Å². The maximum atomic E-state index is 12.2. The number of nitrogens with two attached hydrogens (primary N) is 1. The highest BCUT2D eigenvalue weighted by atomic mass is 32.2. The highest BCUT2D eigenvalue weighted by Gasteiger charge is 2.29. The van der Waals surface area contributed by atoms with Crippen molar-refractivity contribution in [1.82, 2.24) is 5.32 Å². The van der Waals surface area contributed by atoms with Crippen LogP contribution in [0.25, 0.3) is 0 Å². The molecule has 0 aliphatic rings. The van der Waals surface area contributed by atoms with Crippen molar-refractivity contribution >= 4 is 21.4 Å². The van der Waals surface area contributed by atoms with E-state index in [0.717, 1.165) is 5.56 Å². The number of benzene rings is 1. The zero-order valence-corrected chi connectivity index (χ0v) is 13.0. The first-order valence-electron chi connectivity index (χ1n) is 6.54. The molecule has 3 N–H and O–H groups in total. The topological polar surface area (TPSA) is 89.3 Å². The molecule has 6 heteroatoms. The highest BCUT2D eigenvalue weighted by Crippen LogP contribution is 2.24. The van der Waals surface area contributed by atoms with Crippen LogP contribution in [0.15, 0.2) is 24.3 Å². The fraction of sp³-hybridized carbons (Fsp3) is 0.500. The van der Waals surface area contributed by atoms with Crippen molar-refractivity contribution in [3.05, 3.63) is 29.8 Å². The fourth-order valence-electron chi connectivity index (χ4n) is 1.72. The summed E-state index contributed by atoms with van der Waals surface area (Å²) in [6.07, 6.45) is 0. The number of carbonyl (C=O) groups is 1. The van der Waals surface area contributed by atoms with E-state index in [2.05, 4.69) is 5.32 Å². The summed E-state index contributed by atoms with van der Waals surface area (Å²) < 4.78 is 22.7. The molecule has 1 aromatic rings. The van der Waals surface area contributed by atoms with E-state index in [1.165, 1.54) is 0 Å². The van der Waals surface area contributed by atoms with Gasteiger partial charge in [-0.05, 0) is 31.5 Å². The zero-order chi connectivity index (χ0) is 15.4. The van der Waals surface area contributed by atoms with Crippen LogP contribution >= 0.6 is 0 Å². The van der Waals surface area contributed by atoms with Gasteiger partial charge < -0.3 is 11.1 Å². The van der Waals surface area contributed by atoms with Crippen LogP contribution in [0.5, 0.6) is 0 Å². The van der Waals surface area contributed by atoms with Crippen LogP contribution in [0, 0.1) is 0 Å². The van der Waals surface area contributed by atoms with Gasteiger partial charge in [0, 0.05) is 18.0 Å². The smallest absolute Gasteiger partial charge is 0.230 e. The number of hydrogen-bond donors (Lipinski definition) is 2. The van der Waals surface area contributed by atoms with Gasteiger partial charge >= 0.3 is 0 Å². The second kappa shape index (κ2) is 6.26. The number of amides is 1. The molecule has 0 saturated carbocycles. The Morgan fingerprint density at radius 3 is 2.30 bits per heavy atom. The number of rotatable bonds is 6. The number of hydrogen-bond acceptors (Lipinski definition) is 4. The maximum Gasteiger partial charge on any atom is 0.230 e.